The Labute approximate surface area is 49.9 Å². The maximum absolute atomic E-state index is 8.36. The number of nitrogens with one attached hydrogen (secondary N) is 1. The number of nitrogens with two attached hydrogens (primary N) is 1. The van der Waals surface area contributed by atoms with Gasteiger partial charge < -0.3 is 16.2 Å². The molecule has 0 aromatic heterocycles. The number of hydrogen-bond acceptors (Lipinski definition) is 3. The monoisotopic (exact) mass is 118 g/mol. The lowest BCUT2D eigenvalue weighted by molar-refractivity contribution is 0.275. The standard InChI is InChI=1S/C5H14N2O/c1-7-4-5(6)2-3-8/h5,7-8H,2-4,6H2,1H3. The minimum Gasteiger partial charge on any atom is -0.396 e. The van der Waals surface area contributed by atoms with Crippen LogP contribution in [0.2, 0.25) is 0 Å². The first-order chi connectivity index (χ1) is 3.81. The molecule has 0 radical (unpaired) electrons. The van der Waals surface area contributed by atoms with E-state index in [1.165, 1.54) is 0 Å². The molecule has 0 fully saturated rings. The third-order valence-electron chi connectivity index (χ3n) is 0.966. The fourth-order valence-electron chi connectivity index (χ4n) is 0.530. The average molecular weight is 118 g/mol. The predicted octanol–water partition coefficient (Wildman–Crippen LogP) is -1.08. The molecule has 0 rings (SSSR count). The maximum Gasteiger partial charge on any atom is 0.0446 e. The largest absolute Gasteiger partial charge is 0.396 e. The minimum absolute atomic E-state index is 0.102. The molecule has 50 valence electrons. The maximum atomic E-state index is 8.36. The Morgan fingerprint density at radius 2 is 2.38 bits per heavy atom. The third kappa shape index (κ3) is 4.05. The molecule has 3 nitrogen and oxygen atoms in total. The van der Waals surface area contributed by atoms with Crippen LogP contribution in [-0.2, 0) is 0 Å². The van der Waals surface area contributed by atoms with Crippen LogP contribution in [0.4, 0.5) is 0 Å². The summed E-state index contributed by atoms with van der Waals surface area (Å²) in [6, 6.07) is 0.102. The van der Waals surface area contributed by atoms with Crippen LogP contribution in [0, 0.1) is 0 Å². The van der Waals surface area contributed by atoms with Crippen molar-refractivity contribution in [3.63, 3.8) is 0 Å². The molecule has 8 heavy (non-hydrogen) atoms. The van der Waals surface area contributed by atoms with Crippen molar-refractivity contribution in [1.29, 1.82) is 0 Å². The molecular formula is C5H14N2O. The third-order valence-corrected chi connectivity index (χ3v) is 0.966. The highest BCUT2D eigenvalue weighted by Gasteiger charge is 1.96. The number of aliphatic hydroxyl groups is 1. The number of likely N-dealkylation sites (N-methyl/N-ethyl adjacent to an activating group) is 1. The molecule has 0 heterocycles. The Kier molecular flexibility index (Phi) is 4.95. The van der Waals surface area contributed by atoms with E-state index in [1.54, 1.807) is 0 Å². The van der Waals surface area contributed by atoms with Crippen LogP contribution in [0.3, 0.4) is 0 Å². The summed E-state index contributed by atoms with van der Waals surface area (Å²) < 4.78 is 0. The van der Waals surface area contributed by atoms with Gasteiger partial charge in [0, 0.05) is 19.2 Å². The second-order valence-corrected chi connectivity index (χ2v) is 1.83. The fraction of sp³-hybridized carbons (Fsp3) is 1.00. The van der Waals surface area contributed by atoms with Gasteiger partial charge in [-0.1, -0.05) is 0 Å². The van der Waals surface area contributed by atoms with Gasteiger partial charge in [0.05, 0.1) is 0 Å². The molecule has 1 unspecified atom stereocenters. The van der Waals surface area contributed by atoms with Crippen molar-refractivity contribution in [2.45, 2.75) is 12.5 Å². The van der Waals surface area contributed by atoms with E-state index in [1.807, 2.05) is 7.05 Å². The van der Waals surface area contributed by atoms with Gasteiger partial charge in [0.25, 0.3) is 0 Å². The van der Waals surface area contributed by atoms with E-state index >= 15 is 0 Å². The Balaban J connectivity index is 2.92. The Hall–Kier alpha value is -0.120. The zero-order valence-electron chi connectivity index (χ0n) is 5.22. The van der Waals surface area contributed by atoms with Crippen molar-refractivity contribution < 1.29 is 5.11 Å². The lowest BCUT2D eigenvalue weighted by atomic mass is 10.2. The molecule has 0 spiro atoms. The normalized spacial score (nSPS) is 13.9. The van der Waals surface area contributed by atoms with Gasteiger partial charge >= 0.3 is 0 Å². The molecule has 0 aromatic rings. The first kappa shape index (κ1) is 7.88. The second-order valence-electron chi connectivity index (χ2n) is 1.83. The minimum atomic E-state index is 0.102. The summed E-state index contributed by atoms with van der Waals surface area (Å²) in [5, 5.41) is 11.3. The summed E-state index contributed by atoms with van der Waals surface area (Å²) in [6.07, 6.45) is 0.681. The van der Waals surface area contributed by atoms with Crippen LogP contribution in [-0.4, -0.2) is 31.3 Å². The van der Waals surface area contributed by atoms with Gasteiger partial charge in [-0.15, -0.1) is 0 Å². The molecule has 1 atom stereocenters. The first-order valence-electron chi connectivity index (χ1n) is 2.82. The fourth-order valence-corrected chi connectivity index (χ4v) is 0.530. The van der Waals surface area contributed by atoms with E-state index in [4.69, 9.17) is 10.8 Å². The molecule has 3 heteroatoms. The van der Waals surface area contributed by atoms with Crippen LogP contribution in [0.5, 0.6) is 0 Å². The molecule has 0 saturated carbocycles. The second kappa shape index (κ2) is 5.03. The van der Waals surface area contributed by atoms with E-state index < -0.39 is 0 Å². The predicted molar refractivity (Wildman–Crippen MR) is 33.6 cm³/mol. The van der Waals surface area contributed by atoms with Crippen LogP contribution < -0.4 is 11.1 Å². The number of aliphatic hydroxyl groups excluding tert-OH is 1. The van der Waals surface area contributed by atoms with Gasteiger partial charge in [-0.2, -0.15) is 0 Å². The van der Waals surface area contributed by atoms with Gasteiger partial charge in [-0.25, -0.2) is 0 Å². The highest BCUT2D eigenvalue weighted by Crippen LogP contribution is 1.81. The first-order valence-corrected chi connectivity index (χ1v) is 2.82. The lowest BCUT2D eigenvalue weighted by Gasteiger charge is -2.06. The SMILES string of the molecule is CNCC(N)CCO. The van der Waals surface area contributed by atoms with Crippen molar-refractivity contribution >= 4 is 0 Å². The van der Waals surface area contributed by atoms with Crippen molar-refractivity contribution in [3.05, 3.63) is 0 Å². The molecule has 4 N–H and O–H groups in total. The highest BCUT2D eigenvalue weighted by molar-refractivity contribution is 4.60. The van der Waals surface area contributed by atoms with Crippen molar-refractivity contribution in [1.82, 2.24) is 5.32 Å². The zero-order chi connectivity index (χ0) is 6.41. The summed E-state index contributed by atoms with van der Waals surface area (Å²) in [5.74, 6) is 0. The van der Waals surface area contributed by atoms with Gasteiger partial charge in [0.1, 0.15) is 0 Å². The van der Waals surface area contributed by atoms with Crippen LogP contribution in [0.1, 0.15) is 6.42 Å². The molecule has 0 saturated heterocycles. The van der Waals surface area contributed by atoms with E-state index in [2.05, 4.69) is 5.32 Å². The topological polar surface area (TPSA) is 58.3 Å². The van der Waals surface area contributed by atoms with Gasteiger partial charge in [0.15, 0.2) is 0 Å². The van der Waals surface area contributed by atoms with E-state index in [9.17, 15) is 0 Å². The molecule has 0 aliphatic rings. The zero-order valence-corrected chi connectivity index (χ0v) is 5.22. The summed E-state index contributed by atoms with van der Waals surface area (Å²) >= 11 is 0. The van der Waals surface area contributed by atoms with Gasteiger partial charge in [-0.05, 0) is 13.5 Å². The molecular weight excluding hydrogens is 104 g/mol. The Morgan fingerprint density at radius 3 is 2.75 bits per heavy atom. The van der Waals surface area contributed by atoms with E-state index in [-0.39, 0.29) is 12.6 Å². The summed E-state index contributed by atoms with van der Waals surface area (Å²) in [7, 11) is 1.84. The summed E-state index contributed by atoms with van der Waals surface area (Å²) in [5.41, 5.74) is 5.47. The summed E-state index contributed by atoms with van der Waals surface area (Å²) in [6.45, 7) is 0.962. The summed E-state index contributed by atoms with van der Waals surface area (Å²) in [4.78, 5) is 0. The average Bonchev–Trinajstić information content (AvgIpc) is 1.68. The van der Waals surface area contributed by atoms with E-state index in [0.717, 1.165) is 6.54 Å². The number of hydrogen-bond donors (Lipinski definition) is 3. The van der Waals surface area contributed by atoms with Crippen molar-refractivity contribution in [2.75, 3.05) is 20.2 Å². The van der Waals surface area contributed by atoms with Crippen molar-refractivity contribution in [3.8, 4) is 0 Å². The van der Waals surface area contributed by atoms with Crippen LogP contribution >= 0.6 is 0 Å². The smallest absolute Gasteiger partial charge is 0.0446 e. The Bertz CT molecular complexity index is 43.7. The number of rotatable bonds is 4. The molecule has 0 aliphatic heterocycles. The molecule has 0 aliphatic carbocycles. The van der Waals surface area contributed by atoms with Crippen LogP contribution in [0.15, 0.2) is 0 Å². The molecule has 0 aromatic carbocycles. The highest BCUT2D eigenvalue weighted by atomic mass is 16.3. The van der Waals surface area contributed by atoms with Gasteiger partial charge in [-0.3, -0.25) is 0 Å². The van der Waals surface area contributed by atoms with Crippen LogP contribution in [0.25, 0.3) is 0 Å². The van der Waals surface area contributed by atoms with E-state index in [0.29, 0.717) is 6.42 Å². The quantitative estimate of drug-likeness (QED) is 0.440. The Morgan fingerprint density at radius 1 is 1.75 bits per heavy atom. The molecule has 0 bridgehead atoms. The van der Waals surface area contributed by atoms with Crippen molar-refractivity contribution in [2.24, 2.45) is 5.73 Å². The lowest BCUT2D eigenvalue weighted by Crippen LogP contribution is -2.32. The molecule has 0 amide bonds. The van der Waals surface area contributed by atoms with Gasteiger partial charge in [0.2, 0.25) is 0 Å².